The third-order valence-electron chi connectivity index (χ3n) is 2.96. The summed E-state index contributed by atoms with van der Waals surface area (Å²) in [6, 6.07) is 2.74. The minimum absolute atomic E-state index is 0.269. The van der Waals surface area contributed by atoms with Crippen molar-refractivity contribution < 1.29 is 18.7 Å². The standard InChI is InChI=1S/C12H13F2NO2/c13-9-4-8(5-10(14)6-9)7-15-3-1-2-11(15)12(16)17/h4-6,11H,1-3,7H2,(H,16,17). The molecule has 1 saturated heterocycles. The quantitative estimate of drug-likeness (QED) is 0.880. The van der Waals surface area contributed by atoms with Gasteiger partial charge in [-0.3, -0.25) is 9.69 Å². The van der Waals surface area contributed by atoms with Gasteiger partial charge in [0.15, 0.2) is 0 Å². The SMILES string of the molecule is O=C(O)C1CCCN1Cc1cc(F)cc(F)c1. The molecule has 0 saturated carbocycles. The van der Waals surface area contributed by atoms with Crippen molar-refractivity contribution in [2.75, 3.05) is 6.54 Å². The lowest BCUT2D eigenvalue weighted by Gasteiger charge is -2.20. The van der Waals surface area contributed by atoms with Crippen LogP contribution in [0.4, 0.5) is 8.78 Å². The fourth-order valence-electron chi connectivity index (χ4n) is 2.23. The van der Waals surface area contributed by atoms with Crippen molar-refractivity contribution in [2.24, 2.45) is 0 Å². The van der Waals surface area contributed by atoms with Gasteiger partial charge in [-0.1, -0.05) is 0 Å². The maximum atomic E-state index is 13.0. The molecule has 0 amide bonds. The van der Waals surface area contributed by atoms with Gasteiger partial charge in [0.1, 0.15) is 17.7 Å². The van der Waals surface area contributed by atoms with Gasteiger partial charge in [-0.25, -0.2) is 8.78 Å². The second-order valence-electron chi connectivity index (χ2n) is 4.24. The van der Waals surface area contributed by atoms with E-state index in [9.17, 15) is 13.6 Å². The Balaban J connectivity index is 2.12. The van der Waals surface area contributed by atoms with Gasteiger partial charge in [-0.15, -0.1) is 0 Å². The molecule has 1 aliphatic rings. The maximum Gasteiger partial charge on any atom is 0.320 e. The highest BCUT2D eigenvalue weighted by Crippen LogP contribution is 2.21. The van der Waals surface area contributed by atoms with E-state index in [1.54, 1.807) is 4.90 Å². The molecule has 0 aromatic heterocycles. The zero-order chi connectivity index (χ0) is 12.4. The molecular weight excluding hydrogens is 228 g/mol. The van der Waals surface area contributed by atoms with Crippen LogP contribution in [-0.4, -0.2) is 28.6 Å². The third kappa shape index (κ3) is 2.79. The molecule has 1 aliphatic heterocycles. The Bertz CT molecular complexity index is 416. The summed E-state index contributed by atoms with van der Waals surface area (Å²) in [5, 5.41) is 8.98. The summed E-state index contributed by atoms with van der Waals surface area (Å²) in [6.07, 6.45) is 1.39. The van der Waals surface area contributed by atoms with Crippen LogP contribution >= 0.6 is 0 Å². The molecule has 92 valence electrons. The number of nitrogens with zero attached hydrogens (tertiary/aromatic N) is 1. The van der Waals surface area contributed by atoms with E-state index in [0.29, 0.717) is 18.5 Å². The first kappa shape index (κ1) is 12.0. The predicted molar refractivity (Wildman–Crippen MR) is 57.4 cm³/mol. The number of benzene rings is 1. The molecule has 2 rings (SSSR count). The lowest BCUT2D eigenvalue weighted by molar-refractivity contribution is -0.142. The molecule has 1 atom stereocenters. The number of likely N-dealkylation sites (tertiary alicyclic amines) is 1. The number of carbonyl (C=O) groups is 1. The van der Waals surface area contributed by atoms with Crippen molar-refractivity contribution in [1.29, 1.82) is 0 Å². The number of hydrogen-bond acceptors (Lipinski definition) is 2. The van der Waals surface area contributed by atoms with Crippen LogP contribution in [0.5, 0.6) is 0 Å². The number of carboxylic acid groups (broad SMARTS) is 1. The highest BCUT2D eigenvalue weighted by atomic mass is 19.1. The number of aliphatic carboxylic acids is 1. The largest absolute Gasteiger partial charge is 0.480 e. The average Bonchev–Trinajstić information content (AvgIpc) is 2.63. The summed E-state index contributed by atoms with van der Waals surface area (Å²) in [6.45, 7) is 0.917. The van der Waals surface area contributed by atoms with Crippen LogP contribution in [0, 0.1) is 11.6 Å². The first-order valence-corrected chi connectivity index (χ1v) is 5.48. The van der Waals surface area contributed by atoms with Gasteiger partial charge in [0, 0.05) is 12.6 Å². The van der Waals surface area contributed by atoms with Crippen LogP contribution in [0.15, 0.2) is 18.2 Å². The number of hydrogen-bond donors (Lipinski definition) is 1. The predicted octanol–water partition coefficient (Wildman–Crippen LogP) is 2.01. The highest BCUT2D eigenvalue weighted by Gasteiger charge is 2.30. The Kier molecular flexibility index (Phi) is 3.38. The monoisotopic (exact) mass is 241 g/mol. The summed E-state index contributed by atoms with van der Waals surface area (Å²) in [5.74, 6) is -2.14. The molecule has 1 aromatic carbocycles. The van der Waals surface area contributed by atoms with Crippen LogP contribution in [0.1, 0.15) is 18.4 Å². The normalized spacial score (nSPS) is 20.7. The van der Waals surface area contributed by atoms with Crippen molar-refractivity contribution in [3.63, 3.8) is 0 Å². The lowest BCUT2D eigenvalue weighted by Crippen LogP contribution is -2.35. The lowest BCUT2D eigenvalue weighted by atomic mass is 10.1. The van der Waals surface area contributed by atoms with E-state index < -0.39 is 23.6 Å². The minimum Gasteiger partial charge on any atom is -0.480 e. The van der Waals surface area contributed by atoms with E-state index in [0.717, 1.165) is 12.5 Å². The summed E-state index contributed by atoms with van der Waals surface area (Å²) in [4.78, 5) is 12.7. The Morgan fingerprint density at radius 1 is 1.35 bits per heavy atom. The molecule has 3 nitrogen and oxygen atoms in total. The molecule has 0 bridgehead atoms. The van der Waals surface area contributed by atoms with Crippen molar-refractivity contribution in [3.05, 3.63) is 35.4 Å². The molecule has 0 aliphatic carbocycles. The summed E-state index contributed by atoms with van der Waals surface area (Å²) in [5.41, 5.74) is 0.468. The van der Waals surface area contributed by atoms with Crippen LogP contribution in [0.2, 0.25) is 0 Å². The molecule has 0 radical (unpaired) electrons. The summed E-state index contributed by atoms with van der Waals surface area (Å²) in [7, 11) is 0. The molecule has 0 spiro atoms. The van der Waals surface area contributed by atoms with Crippen LogP contribution in [0.3, 0.4) is 0 Å². The molecular formula is C12H13F2NO2. The first-order valence-electron chi connectivity index (χ1n) is 5.48. The van der Waals surface area contributed by atoms with E-state index >= 15 is 0 Å². The van der Waals surface area contributed by atoms with E-state index in [-0.39, 0.29) is 6.54 Å². The fraction of sp³-hybridized carbons (Fsp3) is 0.417. The van der Waals surface area contributed by atoms with Gasteiger partial charge in [-0.2, -0.15) is 0 Å². The maximum absolute atomic E-state index is 13.0. The molecule has 17 heavy (non-hydrogen) atoms. The van der Waals surface area contributed by atoms with E-state index in [4.69, 9.17) is 5.11 Å². The fourth-order valence-corrected chi connectivity index (χ4v) is 2.23. The highest BCUT2D eigenvalue weighted by molar-refractivity contribution is 5.73. The van der Waals surface area contributed by atoms with Crippen molar-refractivity contribution >= 4 is 5.97 Å². The number of halogens is 2. The Morgan fingerprint density at radius 3 is 2.59 bits per heavy atom. The van der Waals surface area contributed by atoms with Crippen LogP contribution < -0.4 is 0 Å². The summed E-state index contributed by atoms with van der Waals surface area (Å²) < 4.78 is 26.0. The van der Waals surface area contributed by atoms with Crippen molar-refractivity contribution in [2.45, 2.75) is 25.4 Å². The average molecular weight is 241 g/mol. The molecule has 1 N–H and O–H groups in total. The Labute approximate surface area is 97.7 Å². The molecule has 1 aromatic rings. The second-order valence-corrected chi connectivity index (χ2v) is 4.24. The zero-order valence-corrected chi connectivity index (χ0v) is 9.20. The van der Waals surface area contributed by atoms with Gasteiger partial charge >= 0.3 is 5.97 Å². The minimum atomic E-state index is -0.876. The Morgan fingerprint density at radius 2 is 2.00 bits per heavy atom. The molecule has 5 heteroatoms. The Hall–Kier alpha value is -1.49. The molecule has 1 heterocycles. The zero-order valence-electron chi connectivity index (χ0n) is 9.20. The molecule has 1 fully saturated rings. The number of rotatable bonds is 3. The number of carboxylic acids is 1. The smallest absolute Gasteiger partial charge is 0.320 e. The van der Waals surface area contributed by atoms with Crippen LogP contribution in [-0.2, 0) is 11.3 Å². The third-order valence-corrected chi connectivity index (χ3v) is 2.96. The van der Waals surface area contributed by atoms with Gasteiger partial charge in [-0.05, 0) is 37.1 Å². The summed E-state index contributed by atoms with van der Waals surface area (Å²) >= 11 is 0. The van der Waals surface area contributed by atoms with E-state index in [1.807, 2.05) is 0 Å². The van der Waals surface area contributed by atoms with Crippen molar-refractivity contribution in [1.82, 2.24) is 4.90 Å². The van der Waals surface area contributed by atoms with Crippen molar-refractivity contribution in [3.8, 4) is 0 Å². The molecule has 1 unspecified atom stereocenters. The second kappa shape index (κ2) is 4.79. The first-order chi connectivity index (χ1) is 8.06. The van der Waals surface area contributed by atoms with Gasteiger partial charge in [0.2, 0.25) is 0 Å². The van der Waals surface area contributed by atoms with Gasteiger partial charge in [0.05, 0.1) is 0 Å². The van der Waals surface area contributed by atoms with E-state index in [2.05, 4.69) is 0 Å². The van der Waals surface area contributed by atoms with Crippen LogP contribution in [0.25, 0.3) is 0 Å². The van der Waals surface area contributed by atoms with Gasteiger partial charge < -0.3 is 5.11 Å². The van der Waals surface area contributed by atoms with E-state index in [1.165, 1.54) is 12.1 Å². The topological polar surface area (TPSA) is 40.5 Å². The van der Waals surface area contributed by atoms with Gasteiger partial charge in [0.25, 0.3) is 0 Å².